The van der Waals surface area contributed by atoms with Crippen molar-refractivity contribution in [3.63, 3.8) is 0 Å². The Morgan fingerprint density at radius 2 is 0.898 bits per heavy atom. The smallest absolute Gasteiger partial charge is 0.243 e. The average Bonchev–Trinajstić information content (AvgIpc) is 0.799. The first-order valence-corrected chi connectivity index (χ1v) is 33.4. The number of rotatable bonds is 47. The Balaban J connectivity index is 0.0000235. The quantitative estimate of drug-likeness (QED) is 0.0132. The third kappa shape index (κ3) is 29.8. The molecule has 22 nitrogen and oxygen atoms in total. The number of nitrogens with one attached hydrogen (secondary N) is 5. The molecule has 10 N–H and O–H groups in total. The molecule has 0 fully saturated rings. The first kappa shape index (κ1) is 91.0. The second-order valence-electron chi connectivity index (χ2n) is 24.7. The Kier molecular flexibility index (Phi) is 45.2. The van der Waals surface area contributed by atoms with E-state index in [0.717, 1.165) is 76.2 Å². The van der Waals surface area contributed by atoms with Gasteiger partial charge in [0.15, 0.2) is 5.78 Å². The standard InChI is InChI=1S/C72H103N7O15.4H2S/c1-45-40-51(80)41-46(2)54(45)44-57(79-71(89)56(35-26-27-36-59(73)74)77-61(83)38-25-18-14-10-12-16-23-33-53-48(4)63(85)67(92-6)69(94-8)65(53)87)72(90)78-55(58(81)43-50(70(75)88)42-49-30-20-19-21-31-49)34-28-29-39-76-60(82)37-24-17-13-9-11-15-22-32-52-47(3)62(84)66(91-5)68(93-7)64(52)86;;;;/h19-21,30-31,40-41,50,55-57,80H,9-18,22-29,32-39,42-44H2,1-8H3,(H3,73,74)(H2,75,88)(H,76,82)(H,77,83)(H,78,90)(H,79,89);4*1H2/t50-,55+,56-,57+;;;;/m1..../s1. The highest BCUT2D eigenvalue weighted by atomic mass is 32.1. The number of benzene rings is 2. The van der Waals surface area contributed by atoms with Gasteiger partial charge >= 0.3 is 0 Å². The molecule has 0 spiro atoms. The van der Waals surface area contributed by atoms with Crippen molar-refractivity contribution in [1.82, 2.24) is 21.3 Å². The number of hydrogen-bond donors (Lipinski definition) is 8. The molecule has 0 saturated heterocycles. The molecule has 26 heteroatoms. The summed E-state index contributed by atoms with van der Waals surface area (Å²) >= 11 is 0. The highest BCUT2D eigenvalue weighted by Gasteiger charge is 2.37. The van der Waals surface area contributed by atoms with Crippen LogP contribution >= 0.6 is 54.0 Å². The van der Waals surface area contributed by atoms with Gasteiger partial charge in [-0.05, 0) is 139 Å². The summed E-state index contributed by atoms with van der Waals surface area (Å²) in [4.78, 5) is 135. The van der Waals surface area contributed by atoms with E-state index in [4.69, 9.17) is 35.8 Å². The van der Waals surface area contributed by atoms with Gasteiger partial charge in [-0.25, -0.2) is 0 Å². The molecule has 0 radical (unpaired) electrons. The second kappa shape index (κ2) is 48.7. The Labute approximate surface area is 607 Å². The zero-order valence-electron chi connectivity index (χ0n) is 58.7. The number of Topliss-reactive ketones (excluding diaryl/α,β-unsaturated/α-hetero) is 5. The molecule has 0 saturated carbocycles. The Bertz CT molecular complexity index is 3130. The van der Waals surface area contributed by atoms with Crippen LogP contribution in [0.2, 0.25) is 0 Å². The predicted octanol–water partition coefficient (Wildman–Crippen LogP) is 9.51. The third-order valence-electron chi connectivity index (χ3n) is 17.5. The molecule has 2 aliphatic rings. The van der Waals surface area contributed by atoms with Crippen LogP contribution in [-0.4, -0.2) is 123 Å². The van der Waals surface area contributed by atoms with Crippen LogP contribution in [0.15, 0.2) is 87.8 Å². The lowest BCUT2D eigenvalue weighted by molar-refractivity contribution is -0.134. The topological polar surface area (TPSA) is 352 Å². The summed E-state index contributed by atoms with van der Waals surface area (Å²) in [6, 6.07) is 8.70. The fourth-order valence-electron chi connectivity index (χ4n) is 12.0. The van der Waals surface area contributed by atoms with E-state index >= 15 is 0 Å². The van der Waals surface area contributed by atoms with Crippen LogP contribution in [0.1, 0.15) is 203 Å². The van der Waals surface area contributed by atoms with Gasteiger partial charge in [0.2, 0.25) is 75.7 Å². The third-order valence-corrected chi connectivity index (χ3v) is 17.5. The van der Waals surface area contributed by atoms with Gasteiger partial charge in [0, 0.05) is 66.9 Å². The van der Waals surface area contributed by atoms with E-state index in [9.17, 15) is 53.1 Å². The van der Waals surface area contributed by atoms with Crippen molar-refractivity contribution < 1.29 is 72.0 Å². The number of unbranched alkanes of at least 4 members (excludes halogenated alkanes) is 14. The Morgan fingerprint density at radius 1 is 0.490 bits per heavy atom. The number of amides is 5. The van der Waals surface area contributed by atoms with Crippen molar-refractivity contribution in [1.29, 1.82) is 5.41 Å². The molecule has 0 heterocycles. The molecule has 5 amide bonds. The first-order valence-electron chi connectivity index (χ1n) is 33.4. The van der Waals surface area contributed by atoms with Gasteiger partial charge in [-0.2, -0.15) is 54.0 Å². The lowest BCUT2D eigenvalue weighted by Gasteiger charge is -2.27. The Hall–Kier alpha value is -7.03. The molecule has 0 unspecified atom stereocenters. The SMILES string of the molecule is COC1=C(OC)C(=O)C(CCCCCCCCCC(=O)NCCCC[C@H](NC(=O)[C@H](Cc2c(C)cc(O)cc2C)NC(=O)[C@@H](CCCCC(=N)N)NC(=O)CCCCCCCCCC2=C(C)C(=O)C(OC)=C(OC)C2=O)C(=O)C[C@@H](Cc2ccccc2)C(N)=O)=C(C)C1=O.S.S.S.S. The summed E-state index contributed by atoms with van der Waals surface area (Å²) < 4.78 is 20.6. The van der Waals surface area contributed by atoms with Crippen LogP contribution in [-0.2, 0) is 79.7 Å². The number of hydrogen-bond acceptors (Lipinski definition) is 16. The van der Waals surface area contributed by atoms with E-state index in [1.54, 1.807) is 39.8 Å². The number of aryl methyl sites for hydroxylation is 2. The molecule has 0 aromatic heterocycles. The van der Waals surface area contributed by atoms with Crippen LogP contribution in [0.25, 0.3) is 0 Å². The molecule has 0 bridgehead atoms. The van der Waals surface area contributed by atoms with Crippen molar-refractivity contribution in [3.8, 4) is 5.75 Å². The lowest BCUT2D eigenvalue weighted by atomic mass is 9.89. The zero-order valence-corrected chi connectivity index (χ0v) is 62.7. The highest BCUT2D eigenvalue weighted by molar-refractivity contribution is 7.59. The van der Waals surface area contributed by atoms with Crippen LogP contribution in [0.5, 0.6) is 5.75 Å². The zero-order chi connectivity index (χ0) is 69.3. The minimum Gasteiger partial charge on any atom is -0.508 e. The van der Waals surface area contributed by atoms with Crippen molar-refractivity contribution in [2.75, 3.05) is 35.0 Å². The number of nitrogens with two attached hydrogens (primary N) is 2. The maximum absolute atomic E-state index is 14.9. The van der Waals surface area contributed by atoms with E-state index in [1.807, 2.05) is 30.3 Å². The molecule has 548 valence electrons. The van der Waals surface area contributed by atoms with Gasteiger partial charge in [0.25, 0.3) is 0 Å². The van der Waals surface area contributed by atoms with Gasteiger partial charge in [0.1, 0.15) is 17.8 Å². The Morgan fingerprint density at radius 3 is 1.37 bits per heavy atom. The van der Waals surface area contributed by atoms with Crippen LogP contribution in [0.3, 0.4) is 0 Å². The number of phenols is 1. The molecule has 2 aromatic carbocycles. The number of ether oxygens (including phenoxy) is 4. The summed E-state index contributed by atoms with van der Waals surface area (Å²) in [7, 11) is 5.34. The number of carbonyl (C=O) groups excluding carboxylic acids is 10. The molecule has 4 rings (SSSR count). The molecule has 98 heavy (non-hydrogen) atoms. The number of carbonyl (C=O) groups is 10. The minimum absolute atomic E-state index is 0. The van der Waals surface area contributed by atoms with Crippen LogP contribution in [0.4, 0.5) is 0 Å². The number of methoxy groups -OCH3 is 4. The molecule has 0 aliphatic heterocycles. The summed E-state index contributed by atoms with van der Waals surface area (Å²) in [5, 5.41) is 29.9. The monoisotopic (exact) mass is 1440 g/mol. The van der Waals surface area contributed by atoms with Gasteiger partial charge in [-0.1, -0.05) is 101 Å². The van der Waals surface area contributed by atoms with E-state index in [-0.39, 0.29) is 168 Å². The van der Waals surface area contributed by atoms with Crippen molar-refractivity contribution in [2.45, 2.75) is 226 Å². The first-order chi connectivity index (χ1) is 45.0. The number of allylic oxidation sites excluding steroid dienone is 4. The summed E-state index contributed by atoms with van der Waals surface area (Å²) in [6.07, 6.45) is 14.9. The number of ketones is 5. The van der Waals surface area contributed by atoms with Gasteiger partial charge in [-0.3, -0.25) is 53.4 Å². The maximum atomic E-state index is 14.9. The predicted molar refractivity (Wildman–Crippen MR) is 399 cm³/mol. The second-order valence-corrected chi connectivity index (χ2v) is 24.7. The average molecular weight is 1440 g/mol. The normalized spacial score (nSPS) is 14.1. The highest BCUT2D eigenvalue weighted by Crippen LogP contribution is 2.31. The van der Waals surface area contributed by atoms with Crippen LogP contribution in [0, 0.1) is 25.2 Å². The molecule has 2 aromatic rings. The number of primary amides is 1. The van der Waals surface area contributed by atoms with Crippen molar-refractivity contribution in [2.24, 2.45) is 17.4 Å². The molecular weight excluding hydrogens is 1330 g/mol. The largest absolute Gasteiger partial charge is 0.508 e. The van der Waals surface area contributed by atoms with Gasteiger partial charge < -0.3 is 56.8 Å². The summed E-state index contributed by atoms with van der Waals surface area (Å²) in [6.45, 7) is 7.11. The summed E-state index contributed by atoms with van der Waals surface area (Å²) in [5.41, 5.74) is 15.9. The van der Waals surface area contributed by atoms with E-state index in [2.05, 4.69) is 21.3 Å². The molecule has 2 aliphatic carbocycles. The maximum Gasteiger partial charge on any atom is 0.243 e. The number of amidine groups is 1. The van der Waals surface area contributed by atoms with Crippen molar-refractivity contribution in [3.05, 3.63) is 110 Å². The fraction of sp³-hybridized carbons (Fsp3) is 0.569. The summed E-state index contributed by atoms with van der Waals surface area (Å²) in [5.74, 6) is -5.52. The lowest BCUT2D eigenvalue weighted by Crippen LogP contribution is -2.56. The minimum atomic E-state index is -1.30. The number of aromatic hydroxyl groups is 1. The molecular formula is C72H111N7O15S4. The van der Waals surface area contributed by atoms with Crippen molar-refractivity contribution >= 4 is 118 Å². The van der Waals surface area contributed by atoms with Gasteiger partial charge in [-0.15, -0.1) is 0 Å². The van der Waals surface area contributed by atoms with Crippen LogP contribution < -0.4 is 32.7 Å². The van der Waals surface area contributed by atoms with E-state index < -0.39 is 47.5 Å². The van der Waals surface area contributed by atoms with E-state index in [0.29, 0.717) is 110 Å². The number of phenolic OH excluding ortho intramolecular Hbond substituents is 1. The fourth-order valence-corrected chi connectivity index (χ4v) is 12.0. The van der Waals surface area contributed by atoms with E-state index in [1.165, 1.54) is 28.4 Å². The van der Waals surface area contributed by atoms with Gasteiger partial charge in [0.05, 0.1) is 40.3 Å². The molecule has 4 atom stereocenters.